The molecular weight excluding hydrogens is 388 g/mol. The summed E-state index contributed by atoms with van der Waals surface area (Å²) in [4.78, 5) is 47.9. The molecule has 0 aromatic heterocycles. The van der Waals surface area contributed by atoms with E-state index in [2.05, 4.69) is 10.6 Å². The van der Waals surface area contributed by atoms with Gasteiger partial charge in [-0.3, -0.25) is 9.59 Å². The zero-order valence-corrected chi connectivity index (χ0v) is 16.1. The molecule has 2 atom stereocenters. The maximum Gasteiger partial charge on any atom is 0.252 e. The van der Waals surface area contributed by atoms with Gasteiger partial charge >= 0.3 is 0 Å². The lowest BCUT2D eigenvalue weighted by molar-refractivity contribution is -0.256. The molecule has 8 nitrogen and oxygen atoms in total. The predicted octanol–water partition coefficient (Wildman–Crippen LogP) is -0.115. The van der Waals surface area contributed by atoms with Gasteiger partial charge in [0.15, 0.2) is 0 Å². The molecule has 0 heterocycles. The van der Waals surface area contributed by atoms with Crippen LogP contribution in [0.1, 0.15) is 67.1 Å². The van der Waals surface area contributed by atoms with Gasteiger partial charge in [0, 0.05) is 34.3 Å². The highest BCUT2D eigenvalue weighted by atomic mass is 16.4. The molecule has 0 spiro atoms. The molecule has 0 radical (unpaired) electrons. The molecule has 0 aliphatic heterocycles. The molecule has 0 saturated heterocycles. The molecule has 2 unspecified atom stereocenters. The summed E-state index contributed by atoms with van der Waals surface area (Å²) in [5.41, 5.74) is -0.463. The number of carbonyl (C=O) groups excluding carboxylic acids is 4. The molecule has 1 fully saturated rings. The first kappa shape index (κ1) is 21.0. The molecule has 30 heavy (non-hydrogen) atoms. The molecule has 156 valence electrons. The van der Waals surface area contributed by atoms with Gasteiger partial charge in [0.1, 0.15) is 0 Å². The molecule has 2 aromatic carbocycles. The summed E-state index contributed by atoms with van der Waals surface area (Å²) in [5.74, 6) is -4.05. The molecule has 3 rings (SSSR count). The van der Waals surface area contributed by atoms with Crippen molar-refractivity contribution in [3.8, 4) is 0 Å². The van der Waals surface area contributed by atoms with E-state index in [0.717, 1.165) is 12.8 Å². The quantitative estimate of drug-likeness (QED) is 0.684. The number of aromatic carboxylic acids is 2. The van der Waals surface area contributed by atoms with Gasteiger partial charge in [-0.2, -0.15) is 0 Å². The summed E-state index contributed by atoms with van der Waals surface area (Å²) in [6.07, 6.45) is 2.84. The SMILES string of the molecule is O=C([O-])c1ccccc1C(=O)NC1CCCCC1NC(=O)c1ccccc1C(=O)[O-]. The molecule has 2 aromatic rings. The van der Waals surface area contributed by atoms with Crippen molar-refractivity contribution in [2.45, 2.75) is 37.8 Å². The largest absolute Gasteiger partial charge is 0.545 e. The second-order valence-electron chi connectivity index (χ2n) is 7.11. The number of benzene rings is 2. The first-order valence-electron chi connectivity index (χ1n) is 9.61. The number of carboxylic acids is 2. The maximum absolute atomic E-state index is 12.7. The van der Waals surface area contributed by atoms with Gasteiger partial charge in [0.25, 0.3) is 11.8 Å². The van der Waals surface area contributed by atoms with E-state index in [9.17, 15) is 29.4 Å². The lowest BCUT2D eigenvalue weighted by atomic mass is 9.89. The Hall–Kier alpha value is -3.68. The number of carbonyl (C=O) groups is 4. The van der Waals surface area contributed by atoms with Gasteiger partial charge in [-0.1, -0.05) is 49.2 Å². The van der Waals surface area contributed by atoms with Gasteiger partial charge in [-0.15, -0.1) is 0 Å². The average molecular weight is 408 g/mol. The Morgan fingerprint density at radius 1 is 0.633 bits per heavy atom. The third-order valence-corrected chi connectivity index (χ3v) is 5.18. The van der Waals surface area contributed by atoms with Crippen molar-refractivity contribution in [2.75, 3.05) is 0 Å². The van der Waals surface area contributed by atoms with E-state index in [0.29, 0.717) is 12.8 Å². The minimum atomic E-state index is -1.45. The van der Waals surface area contributed by atoms with Crippen molar-refractivity contribution >= 4 is 23.8 Å². The molecule has 1 saturated carbocycles. The van der Waals surface area contributed by atoms with Crippen LogP contribution in [0.25, 0.3) is 0 Å². The standard InChI is InChI=1S/C22H22N2O6/c25-19(13-7-1-3-9-15(13)21(27)28)23-17-11-5-6-12-18(17)24-20(26)14-8-2-4-10-16(14)22(29)30/h1-4,7-10,17-18H,5-6,11-12H2,(H,23,25)(H,24,26)(H,27,28)(H,29,30)/p-2. The first-order valence-corrected chi connectivity index (χ1v) is 9.61. The number of carboxylic acid groups (broad SMARTS) is 2. The first-order chi connectivity index (χ1) is 14.4. The van der Waals surface area contributed by atoms with Gasteiger partial charge in [0.05, 0.1) is 11.9 Å². The molecule has 2 N–H and O–H groups in total. The van der Waals surface area contributed by atoms with Crippen molar-refractivity contribution in [1.82, 2.24) is 10.6 Å². The van der Waals surface area contributed by atoms with Gasteiger partial charge in [0.2, 0.25) is 0 Å². The van der Waals surface area contributed by atoms with E-state index in [-0.39, 0.29) is 22.3 Å². The fourth-order valence-corrected chi connectivity index (χ4v) is 3.69. The van der Waals surface area contributed by atoms with Gasteiger partial charge in [-0.25, -0.2) is 0 Å². The molecule has 1 aliphatic rings. The van der Waals surface area contributed by atoms with Crippen molar-refractivity contribution in [1.29, 1.82) is 0 Å². The van der Waals surface area contributed by atoms with Crippen molar-refractivity contribution < 1.29 is 29.4 Å². The van der Waals surface area contributed by atoms with Crippen LogP contribution in [-0.2, 0) is 0 Å². The summed E-state index contributed by atoms with van der Waals surface area (Å²) >= 11 is 0. The van der Waals surface area contributed by atoms with Gasteiger partial charge < -0.3 is 30.4 Å². The Labute approximate surface area is 172 Å². The molecule has 0 bridgehead atoms. The van der Waals surface area contributed by atoms with Crippen LogP contribution in [0.3, 0.4) is 0 Å². The minimum Gasteiger partial charge on any atom is -0.545 e. The number of rotatable bonds is 6. The number of nitrogens with one attached hydrogen (secondary N) is 2. The molecule has 1 aliphatic carbocycles. The van der Waals surface area contributed by atoms with Crippen LogP contribution < -0.4 is 20.8 Å². The number of hydrogen-bond donors (Lipinski definition) is 2. The zero-order valence-electron chi connectivity index (χ0n) is 16.1. The third kappa shape index (κ3) is 4.65. The normalized spacial score (nSPS) is 18.3. The lowest BCUT2D eigenvalue weighted by Gasteiger charge is -2.33. The summed E-state index contributed by atoms with van der Waals surface area (Å²) in [6, 6.07) is 10.6. The Morgan fingerprint density at radius 2 is 0.967 bits per heavy atom. The van der Waals surface area contributed by atoms with Crippen LogP contribution in [0, 0.1) is 0 Å². The van der Waals surface area contributed by atoms with E-state index in [1.807, 2.05) is 0 Å². The smallest absolute Gasteiger partial charge is 0.252 e. The summed E-state index contributed by atoms with van der Waals surface area (Å²) in [6.45, 7) is 0. The van der Waals surface area contributed by atoms with E-state index in [1.165, 1.54) is 36.4 Å². The highest BCUT2D eigenvalue weighted by Crippen LogP contribution is 2.21. The Bertz CT molecular complexity index is 908. The monoisotopic (exact) mass is 408 g/mol. The average Bonchev–Trinajstić information content (AvgIpc) is 2.75. The number of amides is 2. The van der Waals surface area contributed by atoms with Crippen LogP contribution in [0.5, 0.6) is 0 Å². The topological polar surface area (TPSA) is 138 Å². The third-order valence-electron chi connectivity index (χ3n) is 5.18. The second kappa shape index (κ2) is 9.21. The molecular formula is C22H20N2O6-2. The van der Waals surface area contributed by atoms with E-state index < -0.39 is 35.8 Å². The van der Waals surface area contributed by atoms with Crippen molar-refractivity contribution in [3.63, 3.8) is 0 Å². The minimum absolute atomic E-state index is 0.0181. The van der Waals surface area contributed by atoms with E-state index >= 15 is 0 Å². The Morgan fingerprint density at radius 3 is 1.30 bits per heavy atom. The zero-order chi connectivity index (χ0) is 21.7. The summed E-state index contributed by atoms with van der Waals surface area (Å²) in [5, 5.41) is 28.1. The Kier molecular flexibility index (Phi) is 6.46. The van der Waals surface area contributed by atoms with Crippen molar-refractivity contribution in [2.24, 2.45) is 0 Å². The fraction of sp³-hybridized carbons (Fsp3) is 0.273. The number of hydrogen-bond acceptors (Lipinski definition) is 6. The summed E-state index contributed by atoms with van der Waals surface area (Å²) in [7, 11) is 0. The van der Waals surface area contributed by atoms with Crippen LogP contribution in [0.2, 0.25) is 0 Å². The highest BCUT2D eigenvalue weighted by molar-refractivity contribution is 6.05. The van der Waals surface area contributed by atoms with Crippen LogP contribution in [-0.4, -0.2) is 35.8 Å². The fourth-order valence-electron chi connectivity index (χ4n) is 3.69. The van der Waals surface area contributed by atoms with E-state index in [4.69, 9.17) is 0 Å². The summed E-state index contributed by atoms with van der Waals surface area (Å²) < 4.78 is 0. The van der Waals surface area contributed by atoms with Crippen LogP contribution in [0.15, 0.2) is 48.5 Å². The predicted molar refractivity (Wildman–Crippen MR) is 103 cm³/mol. The molecule has 8 heteroatoms. The van der Waals surface area contributed by atoms with Crippen LogP contribution in [0.4, 0.5) is 0 Å². The molecule has 2 amide bonds. The van der Waals surface area contributed by atoms with Crippen molar-refractivity contribution in [3.05, 3.63) is 70.8 Å². The maximum atomic E-state index is 12.7. The van der Waals surface area contributed by atoms with Gasteiger partial charge in [-0.05, 0) is 25.0 Å². The lowest BCUT2D eigenvalue weighted by Crippen LogP contribution is -2.53. The second-order valence-corrected chi connectivity index (χ2v) is 7.11. The van der Waals surface area contributed by atoms with E-state index in [1.54, 1.807) is 12.1 Å². The highest BCUT2D eigenvalue weighted by Gasteiger charge is 2.29. The van der Waals surface area contributed by atoms with Crippen LogP contribution >= 0.6 is 0 Å². The Balaban J connectivity index is 1.76.